The molecule has 2 N–H and O–H groups in total. The highest BCUT2D eigenvalue weighted by atomic mass is 35.5. The number of aromatic nitrogens is 2. The van der Waals surface area contributed by atoms with Gasteiger partial charge in [-0.05, 0) is 33.1 Å². The summed E-state index contributed by atoms with van der Waals surface area (Å²) < 4.78 is 7.58. The van der Waals surface area contributed by atoms with Crippen LogP contribution in [0.2, 0.25) is 5.15 Å². The van der Waals surface area contributed by atoms with E-state index in [-0.39, 0.29) is 18.2 Å². The van der Waals surface area contributed by atoms with E-state index in [1.165, 1.54) is 0 Å². The quantitative estimate of drug-likeness (QED) is 0.927. The number of hydrogen-bond acceptors (Lipinski definition) is 3. The molecule has 5 atom stereocenters. The summed E-state index contributed by atoms with van der Waals surface area (Å²) in [6.45, 7) is 8.43. The Bertz CT molecular complexity index is 460. The molecule has 0 aromatic carbocycles. The zero-order valence-corrected chi connectivity index (χ0v) is 13.1. The van der Waals surface area contributed by atoms with E-state index in [1.54, 1.807) is 4.68 Å². The molecule has 1 aliphatic rings. The average Bonchev–Trinajstić information content (AvgIpc) is 2.70. The number of nitrogens with zero attached hydrogens (tertiary/aromatic N) is 2. The molecular weight excluding hydrogens is 262 g/mol. The van der Waals surface area contributed by atoms with Gasteiger partial charge in [-0.15, -0.1) is 0 Å². The second-order valence-electron chi connectivity index (χ2n) is 5.83. The Morgan fingerprint density at radius 2 is 2.00 bits per heavy atom. The van der Waals surface area contributed by atoms with Crippen LogP contribution in [0.15, 0.2) is 0 Å². The Hall–Kier alpha value is -0.580. The molecule has 1 aromatic heterocycles. The predicted molar refractivity (Wildman–Crippen MR) is 77.3 cm³/mol. The lowest BCUT2D eigenvalue weighted by atomic mass is 9.81. The lowest BCUT2D eigenvalue weighted by Gasteiger charge is -2.25. The number of halogens is 1. The van der Waals surface area contributed by atoms with E-state index < -0.39 is 0 Å². The molecule has 0 bridgehead atoms. The third-order valence-electron chi connectivity index (χ3n) is 4.52. The smallest absolute Gasteiger partial charge is 0.130 e. The highest BCUT2D eigenvalue weighted by molar-refractivity contribution is 6.30. The largest absolute Gasteiger partial charge is 0.375 e. The normalized spacial score (nSPS) is 32.8. The molecule has 108 valence electrons. The van der Waals surface area contributed by atoms with Crippen molar-refractivity contribution < 1.29 is 4.74 Å². The van der Waals surface area contributed by atoms with Crippen LogP contribution < -0.4 is 5.73 Å². The van der Waals surface area contributed by atoms with Gasteiger partial charge in [0.15, 0.2) is 0 Å². The van der Waals surface area contributed by atoms with E-state index in [0.29, 0.717) is 17.0 Å². The standard InChI is InChI=1S/C14H24ClN3O/c1-7-9(3)19-10(4)13(7)12(16)6-11-8(2)17-18(5)14(11)15/h7,9-10,12-13H,6,16H2,1-5H3. The van der Waals surface area contributed by atoms with Gasteiger partial charge in [-0.2, -0.15) is 5.10 Å². The molecule has 5 unspecified atom stereocenters. The molecule has 0 saturated carbocycles. The van der Waals surface area contributed by atoms with Crippen LogP contribution in [-0.2, 0) is 18.2 Å². The van der Waals surface area contributed by atoms with Crippen molar-refractivity contribution in [3.05, 3.63) is 16.4 Å². The van der Waals surface area contributed by atoms with Crippen LogP contribution in [0.4, 0.5) is 0 Å². The summed E-state index contributed by atoms with van der Waals surface area (Å²) in [5.74, 6) is 0.839. The molecule has 1 saturated heterocycles. The summed E-state index contributed by atoms with van der Waals surface area (Å²) in [5, 5.41) is 5.04. The summed E-state index contributed by atoms with van der Waals surface area (Å²) in [6, 6.07) is 0.0512. The molecule has 19 heavy (non-hydrogen) atoms. The van der Waals surface area contributed by atoms with E-state index >= 15 is 0 Å². The van der Waals surface area contributed by atoms with Crippen molar-refractivity contribution in [3.8, 4) is 0 Å². The van der Waals surface area contributed by atoms with Crippen LogP contribution in [0, 0.1) is 18.8 Å². The number of ether oxygens (including phenoxy) is 1. The number of aryl methyl sites for hydroxylation is 2. The molecule has 1 aliphatic heterocycles. The molecule has 4 nitrogen and oxygen atoms in total. The van der Waals surface area contributed by atoms with Crippen LogP contribution >= 0.6 is 11.6 Å². The SMILES string of the molecule is Cc1nn(C)c(Cl)c1CC(N)C1C(C)OC(C)C1C. The van der Waals surface area contributed by atoms with E-state index in [9.17, 15) is 0 Å². The Morgan fingerprint density at radius 1 is 1.37 bits per heavy atom. The summed E-state index contributed by atoms with van der Waals surface area (Å²) in [6.07, 6.45) is 1.24. The van der Waals surface area contributed by atoms with Gasteiger partial charge in [0.25, 0.3) is 0 Å². The first-order valence-corrected chi connectivity index (χ1v) is 7.29. The first-order valence-electron chi connectivity index (χ1n) is 6.92. The van der Waals surface area contributed by atoms with Crippen molar-refractivity contribution in [2.24, 2.45) is 24.6 Å². The molecule has 1 fully saturated rings. The summed E-state index contributed by atoms with van der Waals surface area (Å²) in [4.78, 5) is 0. The summed E-state index contributed by atoms with van der Waals surface area (Å²) in [7, 11) is 1.86. The maximum atomic E-state index is 6.43. The van der Waals surface area contributed by atoms with Crippen molar-refractivity contribution in [2.75, 3.05) is 0 Å². The highest BCUT2D eigenvalue weighted by Crippen LogP contribution is 2.35. The average molecular weight is 286 g/mol. The van der Waals surface area contributed by atoms with Gasteiger partial charge in [0.1, 0.15) is 5.15 Å². The van der Waals surface area contributed by atoms with Crippen LogP contribution in [0.3, 0.4) is 0 Å². The Labute approximate surface area is 120 Å². The van der Waals surface area contributed by atoms with Crippen molar-refractivity contribution in [1.82, 2.24) is 9.78 Å². The van der Waals surface area contributed by atoms with Crippen molar-refractivity contribution in [3.63, 3.8) is 0 Å². The van der Waals surface area contributed by atoms with Gasteiger partial charge < -0.3 is 10.5 Å². The Kier molecular flexibility index (Phi) is 4.23. The number of nitrogens with two attached hydrogens (primary N) is 1. The van der Waals surface area contributed by atoms with Gasteiger partial charge in [-0.3, -0.25) is 4.68 Å². The predicted octanol–water partition coefficient (Wildman–Crippen LogP) is 2.31. The highest BCUT2D eigenvalue weighted by Gasteiger charge is 2.40. The van der Waals surface area contributed by atoms with Gasteiger partial charge in [-0.1, -0.05) is 18.5 Å². The fourth-order valence-electron chi connectivity index (χ4n) is 3.31. The molecule has 0 aliphatic carbocycles. The molecule has 2 heterocycles. The molecular formula is C14H24ClN3O. The second-order valence-corrected chi connectivity index (χ2v) is 6.19. The van der Waals surface area contributed by atoms with E-state index in [1.807, 2.05) is 14.0 Å². The number of rotatable bonds is 3. The molecule has 1 aromatic rings. The monoisotopic (exact) mass is 285 g/mol. The Balaban J connectivity index is 2.15. The molecule has 0 spiro atoms. The van der Waals surface area contributed by atoms with E-state index in [0.717, 1.165) is 17.7 Å². The zero-order valence-electron chi connectivity index (χ0n) is 12.4. The topological polar surface area (TPSA) is 53.1 Å². The van der Waals surface area contributed by atoms with Gasteiger partial charge in [0.05, 0.1) is 17.9 Å². The van der Waals surface area contributed by atoms with Crippen LogP contribution in [0.5, 0.6) is 0 Å². The third-order valence-corrected chi connectivity index (χ3v) is 5.00. The lowest BCUT2D eigenvalue weighted by molar-refractivity contribution is 0.0490. The zero-order chi connectivity index (χ0) is 14.3. The minimum Gasteiger partial charge on any atom is -0.375 e. The van der Waals surface area contributed by atoms with Crippen LogP contribution in [0.25, 0.3) is 0 Å². The first-order chi connectivity index (χ1) is 8.82. The summed E-state index contributed by atoms with van der Waals surface area (Å²) >= 11 is 6.28. The fraction of sp³-hybridized carbons (Fsp3) is 0.786. The van der Waals surface area contributed by atoms with Gasteiger partial charge in [0, 0.05) is 24.6 Å². The van der Waals surface area contributed by atoms with Crippen molar-refractivity contribution in [1.29, 1.82) is 0 Å². The minimum absolute atomic E-state index is 0.0512. The minimum atomic E-state index is 0.0512. The van der Waals surface area contributed by atoms with E-state index in [2.05, 4.69) is 25.9 Å². The Morgan fingerprint density at radius 3 is 2.42 bits per heavy atom. The van der Waals surface area contributed by atoms with Gasteiger partial charge in [0.2, 0.25) is 0 Å². The van der Waals surface area contributed by atoms with Crippen LogP contribution in [-0.4, -0.2) is 28.0 Å². The summed E-state index contributed by atoms with van der Waals surface area (Å²) in [5.41, 5.74) is 8.46. The van der Waals surface area contributed by atoms with E-state index in [4.69, 9.17) is 22.1 Å². The molecule has 0 radical (unpaired) electrons. The maximum absolute atomic E-state index is 6.43. The third kappa shape index (κ3) is 2.67. The maximum Gasteiger partial charge on any atom is 0.130 e. The van der Waals surface area contributed by atoms with Gasteiger partial charge >= 0.3 is 0 Å². The van der Waals surface area contributed by atoms with Crippen molar-refractivity contribution in [2.45, 2.75) is 52.4 Å². The second kappa shape index (κ2) is 5.43. The van der Waals surface area contributed by atoms with Crippen LogP contribution in [0.1, 0.15) is 32.0 Å². The molecule has 0 amide bonds. The first kappa shape index (κ1) is 14.8. The fourth-order valence-corrected chi connectivity index (χ4v) is 3.56. The lowest BCUT2D eigenvalue weighted by Crippen LogP contribution is -2.39. The molecule has 5 heteroatoms. The molecule has 2 rings (SSSR count). The van der Waals surface area contributed by atoms with Crippen molar-refractivity contribution >= 4 is 11.6 Å². The number of hydrogen-bond donors (Lipinski definition) is 1. The van der Waals surface area contributed by atoms with Gasteiger partial charge in [-0.25, -0.2) is 0 Å².